The second-order valence-electron chi connectivity index (χ2n) is 8.76. The van der Waals surface area contributed by atoms with Crippen molar-refractivity contribution in [3.05, 3.63) is 70.8 Å². The Morgan fingerprint density at radius 2 is 1.73 bits per heavy atom. The number of carbonyl (C=O) groups excluding carboxylic acids is 3. The van der Waals surface area contributed by atoms with Crippen molar-refractivity contribution in [1.82, 2.24) is 10.2 Å². The van der Waals surface area contributed by atoms with E-state index in [1.54, 1.807) is 0 Å². The average molecular weight is 402 g/mol. The normalized spacial score (nSPS) is 23.7. The van der Waals surface area contributed by atoms with Crippen molar-refractivity contribution in [2.75, 3.05) is 6.54 Å². The molecule has 1 saturated heterocycles. The summed E-state index contributed by atoms with van der Waals surface area (Å²) in [5, 5.41) is 2.88. The van der Waals surface area contributed by atoms with E-state index in [0.29, 0.717) is 17.9 Å². The first-order valence-electron chi connectivity index (χ1n) is 10.9. The molecule has 2 aromatic carbocycles. The van der Waals surface area contributed by atoms with Gasteiger partial charge < -0.3 is 5.32 Å². The van der Waals surface area contributed by atoms with Gasteiger partial charge in [0.2, 0.25) is 0 Å². The molecule has 1 atom stereocenters. The lowest BCUT2D eigenvalue weighted by Gasteiger charge is -2.22. The second kappa shape index (κ2) is 7.38. The Morgan fingerprint density at radius 1 is 1.00 bits per heavy atom. The average Bonchev–Trinajstić information content (AvgIpc) is 3.27. The minimum atomic E-state index is -1.02. The Labute approximate surface area is 176 Å². The van der Waals surface area contributed by atoms with Gasteiger partial charge in [0.05, 0.1) is 6.54 Å². The third kappa shape index (κ3) is 3.04. The zero-order chi connectivity index (χ0) is 20.7. The molecule has 30 heavy (non-hydrogen) atoms. The van der Waals surface area contributed by atoms with Crippen LogP contribution in [0.3, 0.4) is 0 Å². The van der Waals surface area contributed by atoms with Crippen LogP contribution in [0.4, 0.5) is 4.79 Å². The number of urea groups is 1. The number of ketones is 1. The molecule has 154 valence electrons. The van der Waals surface area contributed by atoms with E-state index in [-0.39, 0.29) is 18.2 Å². The number of aryl methyl sites for hydroxylation is 1. The number of benzene rings is 2. The molecule has 5 heteroatoms. The molecule has 5 rings (SSSR count). The summed E-state index contributed by atoms with van der Waals surface area (Å²) in [4.78, 5) is 39.8. The highest BCUT2D eigenvalue weighted by Crippen LogP contribution is 2.41. The Balaban J connectivity index is 1.32. The zero-order valence-electron chi connectivity index (χ0n) is 17.0. The van der Waals surface area contributed by atoms with Crippen LogP contribution in [0.2, 0.25) is 0 Å². The maximum atomic E-state index is 13.2. The van der Waals surface area contributed by atoms with Crippen LogP contribution in [0, 0.1) is 0 Å². The first kappa shape index (κ1) is 19.0. The van der Waals surface area contributed by atoms with Gasteiger partial charge in [-0.05, 0) is 48.3 Å². The monoisotopic (exact) mass is 402 g/mol. The van der Waals surface area contributed by atoms with Crippen LogP contribution in [0.25, 0.3) is 0 Å². The predicted octanol–water partition coefficient (Wildman–Crippen LogP) is 4.31. The largest absolute Gasteiger partial charge is 0.325 e. The number of amides is 3. The van der Waals surface area contributed by atoms with Gasteiger partial charge in [-0.2, -0.15) is 0 Å². The van der Waals surface area contributed by atoms with Crippen LogP contribution in [0.1, 0.15) is 71.5 Å². The van der Waals surface area contributed by atoms with Gasteiger partial charge in [-0.25, -0.2) is 4.79 Å². The quantitative estimate of drug-likeness (QED) is 0.612. The highest BCUT2D eigenvalue weighted by atomic mass is 16.2. The molecule has 3 amide bonds. The van der Waals surface area contributed by atoms with Crippen molar-refractivity contribution < 1.29 is 14.4 Å². The van der Waals surface area contributed by atoms with E-state index in [9.17, 15) is 14.4 Å². The van der Waals surface area contributed by atoms with Gasteiger partial charge in [0.1, 0.15) is 5.54 Å². The fraction of sp³-hybridized carbons (Fsp3) is 0.400. The van der Waals surface area contributed by atoms with Crippen molar-refractivity contribution >= 4 is 17.7 Å². The summed E-state index contributed by atoms with van der Waals surface area (Å²) in [7, 11) is 0. The molecule has 2 aromatic rings. The van der Waals surface area contributed by atoms with Crippen molar-refractivity contribution in [3.8, 4) is 0 Å². The van der Waals surface area contributed by atoms with Gasteiger partial charge in [0.15, 0.2) is 5.78 Å². The van der Waals surface area contributed by atoms with Crippen LogP contribution in [-0.4, -0.2) is 29.2 Å². The summed E-state index contributed by atoms with van der Waals surface area (Å²) >= 11 is 0. The molecular formula is C25H26N2O3. The summed E-state index contributed by atoms with van der Waals surface area (Å²) < 4.78 is 0. The molecule has 1 spiro atoms. The summed E-state index contributed by atoms with van der Waals surface area (Å²) in [5.41, 5.74) is 2.75. The molecule has 2 fully saturated rings. The molecule has 1 unspecified atom stereocenters. The van der Waals surface area contributed by atoms with Crippen LogP contribution < -0.4 is 5.32 Å². The number of nitrogens with one attached hydrogen (secondary N) is 1. The number of Topliss-reactive ketones (excluding diaryl/α,β-unsaturated/α-hetero) is 1. The predicted molar refractivity (Wildman–Crippen MR) is 113 cm³/mol. The highest BCUT2D eigenvalue weighted by molar-refractivity contribution is 6.11. The number of hydrogen-bond donors (Lipinski definition) is 1. The molecule has 1 N–H and O–H groups in total. The zero-order valence-corrected chi connectivity index (χ0v) is 17.0. The molecule has 3 aliphatic rings. The maximum absolute atomic E-state index is 13.2. The van der Waals surface area contributed by atoms with Crippen LogP contribution in [-0.2, 0) is 16.8 Å². The SMILES string of the molecule is O=C(CN1C(=O)NC2(CCc3ccccc32)C1=O)c1ccc(C2CCCCC2)cc1. The van der Waals surface area contributed by atoms with Crippen LogP contribution in [0.15, 0.2) is 48.5 Å². The first-order valence-corrected chi connectivity index (χ1v) is 10.9. The number of fused-ring (bicyclic) bond motifs is 2. The van der Waals surface area contributed by atoms with E-state index in [4.69, 9.17) is 0 Å². The van der Waals surface area contributed by atoms with E-state index in [1.807, 2.05) is 48.5 Å². The fourth-order valence-electron chi connectivity index (χ4n) is 5.35. The number of hydrogen-bond acceptors (Lipinski definition) is 3. The van der Waals surface area contributed by atoms with Crippen molar-refractivity contribution in [2.45, 2.75) is 56.4 Å². The van der Waals surface area contributed by atoms with E-state index < -0.39 is 11.6 Å². The Bertz CT molecular complexity index is 1010. The molecule has 1 heterocycles. The lowest BCUT2D eigenvalue weighted by atomic mass is 9.84. The minimum absolute atomic E-state index is 0.211. The Hall–Kier alpha value is -2.95. The van der Waals surface area contributed by atoms with E-state index in [0.717, 1.165) is 22.4 Å². The molecule has 2 aliphatic carbocycles. The van der Waals surface area contributed by atoms with Gasteiger partial charge in [0, 0.05) is 5.56 Å². The van der Waals surface area contributed by atoms with E-state index >= 15 is 0 Å². The van der Waals surface area contributed by atoms with Gasteiger partial charge in [-0.1, -0.05) is 67.8 Å². The molecule has 1 aliphatic heterocycles. The lowest BCUT2D eigenvalue weighted by molar-refractivity contribution is -0.131. The van der Waals surface area contributed by atoms with Crippen molar-refractivity contribution in [1.29, 1.82) is 0 Å². The number of rotatable bonds is 4. The van der Waals surface area contributed by atoms with Gasteiger partial charge in [0.25, 0.3) is 5.91 Å². The summed E-state index contributed by atoms with van der Waals surface area (Å²) in [6.07, 6.45) is 7.54. The van der Waals surface area contributed by atoms with Crippen LogP contribution in [0.5, 0.6) is 0 Å². The minimum Gasteiger partial charge on any atom is -0.319 e. The molecule has 0 radical (unpaired) electrons. The summed E-state index contributed by atoms with van der Waals surface area (Å²) in [6.45, 7) is -0.225. The third-order valence-electron chi connectivity index (χ3n) is 7.03. The summed E-state index contributed by atoms with van der Waals surface area (Å²) in [5.74, 6) is 0.0535. The molecule has 5 nitrogen and oxygen atoms in total. The lowest BCUT2D eigenvalue weighted by Crippen LogP contribution is -2.42. The second-order valence-corrected chi connectivity index (χ2v) is 8.76. The Kier molecular flexibility index (Phi) is 4.69. The number of nitrogens with zero attached hydrogens (tertiary/aromatic N) is 1. The van der Waals surface area contributed by atoms with Gasteiger partial charge >= 0.3 is 6.03 Å². The standard InChI is InChI=1S/C25H26N2O3/c28-22(20-12-10-18(11-13-20)17-6-2-1-3-7-17)16-27-23(29)25(26-24(27)30)15-14-19-8-4-5-9-21(19)25/h4-5,8-13,17H,1-3,6-7,14-16H2,(H,26,30). The smallest absolute Gasteiger partial charge is 0.319 e. The summed E-state index contributed by atoms with van der Waals surface area (Å²) in [6, 6.07) is 15.0. The third-order valence-corrected chi connectivity index (χ3v) is 7.03. The molecular weight excluding hydrogens is 376 g/mol. The molecule has 0 bridgehead atoms. The van der Waals surface area contributed by atoms with Gasteiger partial charge in [-0.3, -0.25) is 14.5 Å². The number of imide groups is 1. The molecule has 0 aromatic heterocycles. The van der Waals surface area contributed by atoms with Crippen LogP contribution >= 0.6 is 0 Å². The van der Waals surface area contributed by atoms with Crippen molar-refractivity contribution in [2.24, 2.45) is 0 Å². The van der Waals surface area contributed by atoms with E-state index in [1.165, 1.54) is 37.7 Å². The van der Waals surface area contributed by atoms with E-state index in [2.05, 4.69) is 5.32 Å². The Morgan fingerprint density at radius 3 is 2.50 bits per heavy atom. The first-order chi connectivity index (χ1) is 14.6. The fourth-order valence-corrected chi connectivity index (χ4v) is 5.35. The maximum Gasteiger partial charge on any atom is 0.325 e. The van der Waals surface area contributed by atoms with Crippen molar-refractivity contribution in [3.63, 3.8) is 0 Å². The number of carbonyl (C=O) groups is 3. The molecule has 1 saturated carbocycles. The highest BCUT2D eigenvalue weighted by Gasteiger charge is 2.55. The topological polar surface area (TPSA) is 66.5 Å². The van der Waals surface area contributed by atoms with Gasteiger partial charge in [-0.15, -0.1) is 0 Å².